The van der Waals surface area contributed by atoms with Crippen LogP contribution in [0.25, 0.3) is 22.5 Å². The lowest BCUT2D eigenvalue weighted by atomic mass is 9.95. The third kappa shape index (κ3) is 5.58. The number of nitrogens with zero attached hydrogens (tertiary/aromatic N) is 3. The van der Waals surface area contributed by atoms with E-state index in [0.717, 1.165) is 33.8 Å². The predicted octanol–water partition coefficient (Wildman–Crippen LogP) is 4.17. The number of anilines is 1. The number of fused-ring (bicyclic) bond motifs is 5. The zero-order chi connectivity index (χ0) is 23.8. The molecule has 8 nitrogen and oxygen atoms in total. The molecule has 1 aromatic heterocycles. The van der Waals surface area contributed by atoms with Gasteiger partial charge in [-0.25, -0.2) is 0 Å². The highest BCUT2D eigenvalue weighted by Gasteiger charge is 2.27. The molecule has 1 aliphatic heterocycles. The first-order valence-electron chi connectivity index (χ1n) is 11.7. The molecule has 0 aliphatic carbocycles. The van der Waals surface area contributed by atoms with Crippen LogP contribution < -0.4 is 4.90 Å². The van der Waals surface area contributed by atoms with Crippen LogP contribution in [0.3, 0.4) is 0 Å². The van der Waals surface area contributed by atoms with Crippen molar-refractivity contribution in [3.05, 3.63) is 54.1 Å². The van der Waals surface area contributed by atoms with Crippen LogP contribution in [0.1, 0.15) is 37.7 Å². The molecule has 0 spiro atoms. The number of hydrogen-bond acceptors (Lipinski definition) is 6. The van der Waals surface area contributed by atoms with Gasteiger partial charge in [0.2, 0.25) is 5.91 Å². The van der Waals surface area contributed by atoms with Crippen molar-refractivity contribution in [3.63, 3.8) is 0 Å². The van der Waals surface area contributed by atoms with Crippen LogP contribution in [-0.2, 0) is 25.6 Å². The summed E-state index contributed by atoms with van der Waals surface area (Å²) in [6, 6.07) is 15.7. The van der Waals surface area contributed by atoms with Gasteiger partial charge in [0.1, 0.15) is 17.2 Å². The minimum atomic E-state index is -0.00935. The first-order chi connectivity index (χ1) is 16.7. The second-order valence-electron chi connectivity index (χ2n) is 8.28. The van der Waals surface area contributed by atoms with Gasteiger partial charge in [-0.3, -0.25) is 9.59 Å². The number of H-pyrrole nitrogens is 1. The summed E-state index contributed by atoms with van der Waals surface area (Å²) in [6.07, 6.45) is 2.38. The number of amides is 1. The van der Waals surface area contributed by atoms with E-state index in [0.29, 0.717) is 58.5 Å². The van der Waals surface area contributed by atoms with Crippen molar-refractivity contribution >= 4 is 17.4 Å². The van der Waals surface area contributed by atoms with Gasteiger partial charge in [0.05, 0.1) is 25.4 Å². The van der Waals surface area contributed by atoms with Crippen molar-refractivity contribution in [2.24, 2.45) is 0 Å². The Balaban J connectivity index is 1.42. The summed E-state index contributed by atoms with van der Waals surface area (Å²) in [4.78, 5) is 27.4. The molecule has 1 aliphatic rings. The summed E-state index contributed by atoms with van der Waals surface area (Å²) < 4.78 is 10.3. The molecule has 0 saturated heterocycles. The van der Waals surface area contributed by atoms with Gasteiger partial charge in [0, 0.05) is 44.1 Å². The summed E-state index contributed by atoms with van der Waals surface area (Å²) in [5.41, 5.74) is 5.14. The second-order valence-corrected chi connectivity index (χ2v) is 8.28. The average Bonchev–Trinajstić information content (AvgIpc) is 3.33. The first kappa shape index (κ1) is 23.8. The fourth-order valence-corrected chi connectivity index (χ4v) is 4.20. The maximum atomic E-state index is 13.4. The Kier molecular flexibility index (Phi) is 8.17. The number of aromatic nitrogens is 3. The van der Waals surface area contributed by atoms with Crippen molar-refractivity contribution < 1.29 is 19.1 Å². The fourth-order valence-electron chi connectivity index (χ4n) is 4.20. The minimum absolute atomic E-state index is 0.00935. The molecule has 1 N–H and O–H groups in total. The van der Waals surface area contributed by atoms with Crippen molar-refractivity contribution in [3.8, 4) is 22.5 Å². The molecular weight excluding hydrogens is 432 g/mol. The van der Waals surface area contributed by atoms with E-state index in [1.165, 1.54) is 0 Å². The van der Waals surface area contributed by atoms with Gasteiger partial charge in [-0.05, 0) is 24.5 Å². The van der Waals surface area contributed by atoms with E-state index in [9.17, 15) is 9.59 Å². The van der Waals surface area contributed by atoms with Crippen molar-refractivity contribution in [2.45, 2.75) is 38.6 Å². The van der Waals surface area contributed by atoms with Crippen LogP contribution in [0, 0.1) is 0 Å². The number of carbonyl (C=O) groups excluding carboxylic acids is 2. The molecule has 0 bridgehead atoms. The van der Waals surface area contributed by atoms with E-state index >= 15 is 0 Å². The van der Waals surface area contributed by atoms with Crippen LogP contribution in [0.5, 0.6) is 0 Å². The number of rotatable bonds is 11. The summed E-state index contributed by atoms with van der Waals surface area (Å²) in [5.74, 6) is 0.152. The topological polar surface area (TPSA) is 97.4 Å². The highest BCUT2D eigenvalue weighted by Crippen LogP contribution is 2.39. The van der Waals surface area contributed by atoms with E-state index in [1.807, 2.05) is 48.5 Å². The molecule has 0 fully saturated rings. The van der Waals surface area contributed by atoms with Gasteiger partial charge in [0.15, 0.2) is 0 Å². The number of methoxy groups -OCH3 is 1. The van der Waals surface area contributed by atoms with Crippen LogP contribution in [0.4, 0.5) is 5.69 Å². The first-order valence-corrected chi connectivity index (χ1v) is 11.7. The smallest absolute Gasteiger partial charge is 0.227 e. The summed E-state index contributed by atoms with van der Waals surface area (Å²) in [7, 11) is 1.63. The number of aromatic amines is 1. The van der Waals surface area contributed by atoms with Crippen molar-refractivity contribution in [1.82, 2.24) is 15.4 Å². The number of hydrogen-bond donors (Lipinski definition) is 1. The Bertz CT molecular complexity index is 1130. The van der Waals surface area contributed by atoms with E-state index in [-0.39, 0.29) is 11.7 Å². The van der Waals surface area contributed by atoms with Crippen LogP contribution in [-0.4, -0.2) is 54.0 Å². The minimum Gasteiger partial charge on any atom is -0.382 e. The maximum Gasteiger partial charge on any atom is 0.227 e. The molecule has 2 heterocycles. The number of Topliss-reactive ketones (excluding diaryl/α,β-unsaturated/α-hetero) is 1. The Labute approximate surface area is 199 Å². The standard InChI is InChI=1S/C26H30N4O4/c1-33-16-17-34-15-7-10-20(31)9-6-14-24(32)30-18-19-8-2-3-11-21(19)25-26(28-29-27-25)22-12-4-5-13-23(22)30/h2-5,8,11-13H,6-7,9-10,14-18H2,1H3,(H,27,28,29). The lowest BCUT2D eigenvalue weighted by Crippen LogP contribution is -2.31. The number of benzene rings is 2. The molecule has 4 rings (SSSR count). The summed E-state index contributed by atoms with van der Waals surface area (Å²) in [5, 5.41) is 11.5. The molecule has 0 unspecified atom stereocenters. The molecule has 0 atom stereocenters. The molecule has 2 aromatic carbocycles. The molecule has 34 heavy (non-hydrogen) atoms. The number of ketones is 1. The number of carbonyl (C=O) groups is 2. The third-order valence-electron chi connectivity index (χ3n) is 5.92. The van der Waals surface area contributed by atoms with Gasteiger partial charge in [-0.15, -0.1) is 0 Å². The SMILES string of the molecule is COCCOCCCC(=O)CCCC(=O)N1Cc2ccccc2-c2n[nH]nc2-c2ccccc21. The zero-order valence-electron chi connectivity index (χ0n) is 19.5. The third-order valence-corrected chi connectivity index (χ3v) is 5.92. The summed E-state index contributed by atoms with van der Waals surface area (Å²) in [6.45, 7) is 2.07. The lowest BCUT2D eigenvalue weighted by molar-refractivity contribution is -0.120. The molecule has 178 valence electrons. The molecule has 1 amide bonds. The quantitative estimate of drug-likeness (QED) is 0.430. The normalized spacial score (nSPS) is 12.3. The maximum absolute atomic E-state index is 13.4. The Hall–Kier alpha value is -3.36. The van der Waals surface area contributed by atoms with Gasteiger partial charge >= 0.3 is 0 Å². The largest absolute Gasteiger partial charge is 0.382 e. The Morgan fingerprint density at radius 2 is 1.59 bits per heavy atom. The molecule has 8 heteroatoms. The fraction of sp³-hybridized carbons (Fsp3) is 0.385. The van der Waals surface area contributed by atoms with E-state index in [1.54, 1.807) is 12.0 Å². The van der Waals surface area contributed by atoms with E-state index in [4.69, 9.17) is 9.47 Å². The van der Waals surface area contributed by atoms with Crippen molar-refractivity contribution in [1.29, 1.82) is 0 Å². The Morgan fingerprint density at radius 3 is 2.41 bits per heavy atom. The van der Waals surface area contributed by atoms with Gasteiger partial charge in [0.25, 0.3) is 0 Å². The highest BCUT2D eigenvalue weighted by atomic mass is 16.5. The average molecular weight is 463 g/mol. The van der Waals surface area contributed by atoms with E-state index in [2.05, 4.69) is 15.4 Å². The summed E-state index contributed by atoms with van der Waals surface area (Å²) >= 11 is 0. The van der Waals surface area contributed by atoms with Gasteiger partial charge < -0.3 is 14.4 Å². The molecule has 0 saturated carbocycles. The van der Waals surface area contributed by atoms with E-state index < -0.39 is 0 Å². The lowest BCUT2D eigenvalue weighted by Gasteiger charge is -2.28. The molecular formula is C26H30N4O4. The molecule has 0 radical (unpaired) electrons. The predicted molar refractivity (Wildman–Crippen MR) is 129 cm³/mol. The van der Waals surface area contributed by atoms with Gasteiger partial charge in [-0.1, -0.05) is 42.5 Å². The molecule has 3 aromatic rings. The van der Waals surface area contributed by atoms with Crippen molar-refractivity contribution in [2.75, 3.05) is 31.8 Å². The monoisotopic (exact) mass is 462 g/mol. The van der Waals surface area contributed by atoms with Crippen LogP contribution in [0.15, 0.2) is 48.5 Å². The highest BCUT2D eigenvalue weighted by molar-refractivity contribution is 6.00. The zero-order valence-corrected chi connectivity index (χ0v) is 19.5. The van der Waals surface area contributed by atoms with Crippen LogP contribution >= 0.6 is 0 Å². The van der Waals surface area contributed by atoms with Crippen LogP contribution in [0.2, 0.25) is 0 Å². The number of nitrogens with one attached hydrogen (secondary N) is 1. The number of para-hydroxylation sites is 1. The Morgan fingerprint density at radius 1 is 0.882 bits per heavy atom. The van der Waals surface area contributed by atoms with Gasteiger partial charge in [-0.2, -0.15) is 15.4 Å². The second kappa shape index (κ2) is 11.7. The number of ether oxygens (including phenoxy) is 2.